The van der Waals surface area contributed by atoms with Crippen LogP contribution < -0.4 is 4.74 Å². The van der Waals surface area contributed by atoms with Gasteiger partial charge in [0.05, 0.1) is 5.57 Å². The molecule has 1 aromatic carbocycles. The summed E-state index contributed by atoms with van der Waals surface area (Å²) < 4.78 is 47.9. The molecule has 0 aliphatic carbocycles. The molecule has 1 atom stereocenters. The lowest BCUT2D eigenvalue weighted by atomic mass is 9.99. The Kier molecular flexibility index (Phi) is 3.58. The average Bonchev–Trinajstić information content (AvgIpc) is 2.36. The number of benzene rings is 1. The van der Waals surface area contributed by atoms with E-state index >= 15 is 0 Å². The summed E-state index contributed by atoms with van der Waals surface area (Å²) in [7, 11) is 0. The molecule has 0 bridgehead atoms. The van der Waals surface area contributed by atoms with Gasteiger partial charge in [0, 0.05) is 5.56 Å². The van der Waals surface area contributed by atoms with Crippen molar-refractivity contribution < 1.29 is 26.5 Å². The van der Waals surface area contributed by atoms with Crippen LogP contribution in [0.2, 0.25) is 0 Å². The molecule has 0 aromatic heterocycles. The van der Waals surface area contributed by atoms with Crippen LogP contribution >= 0.6 is 16.3 Å². The molecular formula is C12H8BrF3O3. The quantitative estimate of drug-likeness (QED) is 0.786. The smallest absolute Gasteiger partial charge is 0.430 e. The SMILES string of the molecule is Cc1cccc2c1OC(C(F)(F)F)C(C(=O)OBr)=C2. The van der Waals surface area contributed by atoms with Crippen LogP contribution in [0.5, 0.6) is 5.75 Å². The van der Waals surface area contributed by atoms with Crippen molar-refractivity contribution in [2.75, 3.05) is 0 Å². The Morgan fingerprint density at radius 1 is 1.42 bits per heavy atom. The maximum Gasteiger partial charge on any atom is 0.430 e. The van der Waals surface area contributed by atoms with Gasteiger partial charge >= 0.3 is 12.1 Å². The Bertz CT molecular complexity index is 552. The molecule has 0 saturated carbocycles. The van der Waals surface area contributed by atoms with Crippen LogP contribution in [0.15, 0.2) is 23.8 Å². The standard InChI is InChI=1S/C12H8BrF3O3/c1-6-3-2-4-7-5-8(11(17)19-13)10(12(14,15)16)18-9(6)7/h2-5,10H,1H3. The zero-order valence-corrected chi connectivity index (χ0v) is 11.2. The molecule has 0 amide bonds. The van der Waals surface area contributed by atoms with Gasteiger partial charge in [-0.3, -0.25) is 0 Å². The molecule has 2 rings (SSSR count). The topological polar surface area (TPSA) is 35.5 Å². The summed E-state index contributed by atoms with van der Waals surface area (Å²) in [4.78, 5) is 11.4. The minimum absolute atomic E-state index is 0.121. The summed E-state index contributed by atoms with van der Waals surface area (Å²) in [5, 5.41) is 0. The fraction of sp³-hybridized carbons (Fsp3) is 0.250. The van der Waals surface area contributed by atoms with Crippen LogP contribution in [0, 0.1) is 6.92 Å². The molecule has 19 heavy (non-hydrogen) atoms. The van der Waals surface area contributed by atoms with Crippen molar-refractivity contribution in [3.8, 4) is 5.75 Å². The monoisotopic (exact) mass is 336 g/mol. The lowest BCUT2D eigenvalue weighted by molar-refractivity contribution is -0.186. The van der Waals surface area contributed by atoms with E-state index in [1.165, 1.54) is 0 Å². The first-order chi connectivity index (χ1) is 8.84. The van der Waals surface area contributed by atoms with Crippen molar-refractivity contribution in [3.05, 3.63) is 34.9 Å². The number of para-hydroxylation sites is 1. The highest BCUT2D eigenvalue weighted by Crippen LogP contribution is 2.39. The molecule has 0 fully saturated rings. The zero-order valence-electron chi connectivity index (χ0n) is 9.62. The molecule has 0 radical (unpaired) electrons. The summed E-state index contributed by atoms with van der Waals surface area (Å²) >= 11 is 2.39. The van der Waals surface area contributed by atoms with Gasteiger partial charge in [0.25, 0.3) is 0 Å². The number of aryl methyl sites for hydroxylation is 1. The Hall–Kier alpha value is -1.50. The third-order valence-corrected chi connectivity index (χ3v) is 2.97. The third kappa shape index (κ3) is 2.60. The normalized spacial score (nSPS) is 18.2. The van der Waals surface area contributed by atoms with Crippen molar-refractivity contribution in [1.29, 1.82) is 0 Å². The minimum atomic E-state index is -4.70. The summed E-state index contributed by atoms with van der Waals surface area (Å²) in [5.74, 6) is -1.01. The molecule has 3 nitrogen and oxygen atoms in total. The highest BCUT2D eigenvalue weighted by atomic mass is 79.9. The molecule has 0 N–H and O–H groups in total. The van der Waals surface area contributed by atoms with Gasteiger partial charge < -0.3 is 8.57 Å². The lowest BCUT2D eigenvalue weighted by Crippen LogP contribution is -2.40. The van der Waals surface area contributed by atoms with Crippen molar-refractivity contribution in [2.24, 2.45) is 0 Å². The second-order valence-electron chi connectivity index (χ2n) is 4.00. The van der Waals surface area contributed by atoms with Crippen LogP contribution in [0.25, 0.3) is 6.08 Å². The second-order valence-corrected chi connectivity index (χ2v) is 4.32. The molecule has 1 heterocycles. The van der Waals surface area contributed by atoms with E-state index in [4.69, 9.17) is 4.74 Å². The van der Waals surface area contributed by atoms with E-state index in [1.54, 1.807) is 25.1 Å². The predicted octanol–water partition coefficient (Wildman–Crippen LogP) is 3.55. The zero-order chi connectivity index (χ0) is 14.2. The summed E-state index contributed by atoms with van der Waals surface area (Å²) in [6.07, 6.45) is -5.90. The molecule has 0 saturated heterocycles. The fourth-order valence-electron chi connectivity index (χ4n) is 1.83. The Labute approximate surface area is 115 Å². The van der Waals surface area contributed by atoms with Crippen molar-refractivity contribution in [3.63, 3.8) is 0 Å². The van der Waals surface area contributed by atoms with E-state index in [0.29, 0.717) is 11.1 Å². The summed E-state index contributed by atoms with van der Waals surface area (Å²) in [6.45, 7) is 1.63. The minimum Gasteiger partial charge on any atom is -0.475 e. The van der Waals surface area contributed by atoms with Crippen molar-refractivity contribution in [2.45, 2.75) is 19.2 Å². The number of hydrogen-bond donors (Lipinski definition) is 0. The summed E-state index contributed by atoms with van der Waals surface area (Å²) in [5.41, 5.74) is 0.380. The predicted molar refractivity (Wildman–Crippen MR) is 64.6 cm³/mol. The number of alkyl halides is 3. The van der Waals surface area contributed by atoms with Crippen molar-refractivity contribution in [1.82, 2.24) is 0 Å². The Morgan fingerprint density at radius 3 is 2.68 bits per heavy atom. The number of ether oxygens (including phenoxy) is 1. The van der Waals surface area contributed by atoms with Gasteiger partial charge in [-0.05, 0) is 18.6 Å². The van der Waals surface area contributed by atoms with E-state index < -0.39 is 23.8 Å². The van der Waals surface area contributed by atoms with Gasteiger partial charge in [0.2, 0.25) is 6.10 Å². The largest absolute Gasteiger partial charge is 0.475 e. The Morgan fingerprint density at radius 2 is 2.11 bits per heavy atom. The molecular weight excluding hydrogens is 329 g/mol. The summed E-state index contributed by atoms with van der Waals surface area (Å²) in [6, 6.07) is 4.86. The first-order valence-electron chi connectivity index (χ1n) is 5.22. The maximum absolute atomic E-state index is 12.9. The lowest BCUT2D eigenvalue weighted by Gasteiger charge is -2.28. The van der Waals surface area contributed by atoms with Crippen LogP contribution in [0.1, 0.15) is 11.1 Å². The van der Waals surface area contributed by atoms with Crippen molar-refractivity contribution >= 4 is 28.3 Å². The van der Waals surface area contributed by atoms with Gasteiger partial charge in [-0.25, -0.2) is 4.79 Å². The van der Waals surface area contributed by atoms with Gasteiger partial charge in [-0.15, -0.1) is 0 Å². The van der Waals surface area contributed by atoms with Crippen LogP contribution in [-0.2, 0) is 8.62 Å². The number of carbonyl (C=O) groups is 1. The molecule has 1 unspecified atom stereocenters. The molecule has 1 aliphatic rings. The van der Waals surface area contributed by atoms with Crippen LogP contribution in [0.4, 0.5) is 13.2 Å². The highest BCUT2D eigenvalue weighted by Gasteiger charge is 2.49. The molecule has 1 aliphatic heterocycles. The number of hydrogen-bond acceptors (Lipinski definition) is 3. The van der Waals surface area contributed by atoms with E-state index in [1.807, 2.05) is 0 Å². The van der Waals surface area contributed by atoms with Gasteiger partial charge in [-0.2, -0.15) is 13.2 Å². The number of halogens is 4. The highest BCUT2D eigenvalue weighted by molar-refractivity contribution is 9.06. The average molecular weight is 337 g/mol. The van der Waals surface area contributed by atoms with Crippen LogP contribution in [-0.4, -0.2) is 18.2 Å². The first kappa shape index (κ1) is 13.9. The number of fused-ring (bicyclic) bond motifs is 1. The van der Waals surface area contributed by atoms with Gasteiger partial charge in [0.15, 0.2) is 16.3 Å². The third-order valence-electron chi connectivity index (χ3n) is 2.67. The molecule has 7 heteroatoms. The number of carbonyl (C=O) groups excluding carboxylic acids is 1. The van der Waals surface area contributed by atoms with E-state index in [0.717, 1.165) is 6.08 Å². The molecule has 102 valence electrons. The van der Waals surface area contributed by atoms with Gasteiger partial charge in [0.1, 0.15) is 5.75 Å². The van der Waals surface area contributed by atoms with E-state index in [-0.39, 0.29) is 5.75 Å². The Balaban J connectivity index is 2.56. The molecule has 0 spiro atoms. The van der Waals surface area contributed by atoms with E-state index in [9.17, 15) is 18.0 Å². The van der Waals surface area contributed by atoms with Crippen LogP contribution in [0.3, 0.4) is 0 Å². The second kappa shape index (κ2) is 4.88. The number of rotatable bonds is 1. The first-order valence-corrected chi connectivity index (χ1v) is 5.87. The van der Waals surface area contributed by atoms with Gasteiger partial charge in [-0.1, -0.05) is 18.2 Å². The maximum atomic E-state index is 12.9. The molecule has 1 aromatic rings. The fourth-order valence-corrected chi connectivity index (χ4v) is 2.01. The van der Waals surface area contributed by atoms with E-state index in [2.05, 4.69) is 20.1 Å².